The Morgan fingerprint density at radius 2 is 2.17 bits per heavy atom. The summed E-state index contributed by atoms with van der Waals surface area (Å²) in [4.78, 5) is 36.0. The fourth-order valence-electron chi connectivity index (χ4n) is 2.04. The molecule has 0 aliphatic carbocycles. The molecule has 1 amide bonds. The van der Waals surface area contributed by atoms with Crippen molar-refractivity contribution in [3.05, 3.63) is 0 Å². The molecule has 1 atom stereocenters. The van der Waals surface area contributed by atoms with E-state index in [-0.39, 0.29) is 6.42 Å². The lowest BCUT2D eigenvalue weighted by Gasteiger charge is -2.30. The van der Waals surface area contributed by atoms with Gasteiger partial charge >= 0.3 is 12.1 Å². The van der Waals surface area contributed by atoms with Crippen LogP contribution in [0.1, 0.15) is 32.6 Å². The number of amides is 1. The van der Waals surface area contributed by atoms with E-state index < -0.39 is 17.6 Å². The Morgan fingerprint density at radius 1 is 1.44 bits per heavy atom. The highest BCUT2D eigenvalue weighted by atomic mass is 16.6. The summed E-state index contributed by atoms with van der Waals surface area (Å²) in [7, 11) is 1.20. The summed E-state index contributed by atoms with van der Waals surface area (Å²) in [5, 5.41) is 0. The fourth-order valence-corrected chi connectivity index (χ4v) is 2.04. The first-order valence-electron chi connectivity index (χ1n) is 6.11. The van der Waals surface area contributed by atoms with E-state index in [0.717, 1.165) is 12.8 Å². The maximum absolute atomic E-state index is 11.9. The summed E-state index contributed by atoms with van der Waals surface area (Å²) in [5.41, 5.74) is -1.50. The topological polar surface area (TPSA) is 72.9 Å². The quantitative estimate of drug-likeness (QED) is 0.319. The summed E-state index contributed by atoms with van der Waals surface area (Å²) in [6.07, 6.45) is 2.38. The van der Waals surface area contributed by atoms with Crippen molar-refractivity contribution in [1.29, 1.82) is 0 Å². The highest BCUT2D eigenvalue weighted by Gasteiger charge is 2.51. The Hall–Kier alpha value is -1.59. The summed E-state index contributed by atoms with van der Waals surface area (Å²) < 4.78 is 9.65. The first-order chi connectivity index (χ1) is 8.62. The number of aldehydes is 1. The van der Waals surface area contributed by atoms with Crippen LogP contribution < -0.4 is 0 Å². The van der Waals surface area contributed by atoms with Crippen LogP contribution >= 0.6 is 0 Å². The van der Waals surface area contributed by atoms with E-state index in [9.17, 15) is 14.4 Å². The zero-order chi connectivity index (χ0) is 13.6. The van der Waals surface area contributed by atoms with Crippen LogP contribution in [-0.2, 0) is 19.1 Å². The Bertz CT molecular complexity index is 330. The van der Waals surface area contributed by atoms with Gasteiger partial charge in [-0.15, -0.1) is 0 Å². The van der Waals surface area contributed by atoms with Crippen molar-refractivity contribution in [2.45, 2.75) is 38.1 Å². The average molecular weight is 257 g/mol. The summed E-state index contributed by atoms with van der Waals surface area (Å²) in [6, 6.07) is 0. The number of ether oxygens (including phenoxy) is 2. The number of likely N-dealkylation sites (tertiary alicyclic amines) is 1. The van der Waals surface area contributed by atoms with E-state index >= 15 is 0 Å². The average Bonchev–Trinajstić information content (AvgIpc) is 2.83. The lowest BCUT2D eigenvalue weighted by molar-refractivity contribution is -0.154. The largest absolute Gasteiger partial charge is 0.467 e. The number of methoxy groups -OCH3 is 1. The van der Waals surface area contributed by atoms with E-state index in [0.29, 0.717) is 25.9 Å². The molecule has 102 valence electrons. The molecule has 6 heteroatoms. The van der Waals surface area contributed by atoms with Crippen molar-refractivity contribution in [2.75, 3.05) is 20.3 Å². The van der Waals surface area contributed by atoms with Gasteiger partial charge in [-0.1, -0.05) is 13.3 Å². The van der Waals surface area contributed by atoms with Gasteiger partial charge in [-0.05, 0) is 19.3 Å². The molecular weight excluding hydrogens is 238 g/mol. The normalized spacial score (nSPS) is 22.7. The highest BCUT2D eigenvalue weighted by molar-refractivity contribution is 6.01. The zero-order valence-electron chi connectivity index (χ0n) is 10.8. The second kappa shape index (κ2) is 6.37. The van der Waals surface area contributed by atoms with E-state index in [1.807, 2.05) is 6.92 Å². The number of unbranched alkanes of at least 4 members (excludes halogenated alkanes) is 1. The molecule has 0 aromatic heterocycles. The molecule has 1 heterocycles. The van der Waals surface area contributed by atoms with Crippen LogP contribution in [0.15, 0.2) is 0 Å². The molecule has 1 unspecified atom stereocenters. The number of hydrogen-bond acceptors (Lipinski definition) is 5. The molecule has 1 fully saturated rings. The van der Waals surface area contributed by atoms with Gasteiger partial charge in [0.15, 0.2) is 11.8 Å². The summed E-state index contributed by atoms with van der Waals surface area (Å²) in [6.45, 7) is 2.61. The van der Waals surface area contributed by atoms with Gasteiger partial charge in [0, 0.05) is 6.54 Å². The summed E-state index contributed by atoms with van der Waals surface area (Å²) in [5.74, 6) is -0.706. The van der Waals surface area contributed by atoms with Crippen molar-refractivity contribution >= 4 is 18.3 Å². The van der Waals surface area contributed by atoms with Gasteiger partial charge in [-0.2, -0.15) is 0 Å². The van der Waals surface area contributed by atoms with Gasteiger partial charge in [0.05, 0.1) is 13.7 Å². The minimum absolute atomic E-state index is 0.284. The zero-order valence-corrected chi connectivity index (χ0v) is 10.8. The SMILES string of the molecule is CCCCOC(=O)N1CCCC1(C=O)C(=O)OC. The van der Waals surface area contributed by atoms with Gasteiger partial charge < -0.3 is 14.3 Å². The van der Waals surface area contributed by atoms with Gasteiger partial charge in [-0.3, -0.25) is 4.90 Å². The lowest BCUT2D eigenvalue weighted by Crippen LogP contribution is -2.55. The van der Waals surface area contributed by atoms with Crippen molar-refractivity contribution in [3.8, 4) is 0 Å². The van der Waals surface area contributed by atoms with E-state index in [1.165, 1.54) is 12.0 Å². The van der Waals surface area contributed by atoms with Crippen molar-refractivity contribution in [1.82, 2.24) is 4.90 Å². The maximum Gasteiger partial charge on any atom is 0.411 e. The lowest BCUT2D eigenvalue weighted by atomic mass is 9.99. The predicted molar refractivity (Wildman–Crippen MR) is 63.0 cm³/mol. The number of esters is 1. The Kier molecular flexibility index (Phi) is 5.12. The predicted octanol–water partition coefficient (Wildman–Crippen LogP) is 1.13. The molecule has 1 saturated heterocycles. The van der Waals surface area contributed by atoms with Crippen LogP contribution in [0.5, 0.6) is 0 Å². The Balaban J connectivity index is 2.76. The van der Waals surface area contributed by atoms with E-state index in [2.05, 4.69) is 4.74 Å². The molecule has 0 radical (unpaired) electrons. The van der Waals surface area contributed by atoms with E-state index in [1.54, 1.807) is 0 Å². The first kappa shape index (κ1) is 14.5. The molecule has 0 bridgehead atoms. The maximum atomic E-state index is 11.9. The van der Waals surface area contributed by atoms with Crippen LogP contribution in [0.4, 0.5) is 4.79 Å². The number of hydrogen-bond donors (Lipinski definition) is 0. The first-order valence-corrected chi connectivity index (χ1v) is 6.11. The third-order valence-electron chi connectivity index (χ3n) is 3.10. The second-order valence-corrected chi connectivity index (χ2v) is 4.26. The minimum Gasteiger partial charge on any atom is -0.467 e. The molecule has 6 nitrogen and oxygen atoms in total. The minimum atomic E-state index is -1.50. The van der Waals surface area contributed by atoms with Crippen LogP contribution in [0, 0.1) is 0 Å². The van der Waals surface area contributed by atoms with Crippen LogP contribution in [0.3, 0.4) is 0 Å². The fraction of sp³-hybridized carbons (Fsp3) is 0.750. The van der Waals surface area contributed by atoms with Gasteiger partial charge in [0.1, 0.15) is 0 Å². The second-order valence-electron chi connectivity index (χ2n) is 4.26. The molecule has 1 rings (SSSR count). The third kappa shape index (κ3) is 2.63. The van der Waals surface area contributed by atoms with Gasteiger partial charge in [0.2, 0.25) is 0 Å². The number of rotatable bonds is 5. The van der Waals surface area contributed by atoms with Gasteiger partial charge in [0.25, 0.3) is 0 Å². The third-order valence-corrected chi connectivity index (χ3v) is 3.10. The van der Waals surface area contributed by atoms with Crippen molar-refractivity contribution in [3.63, 3.8) is 0 Å². The smallest absolute Gasteiger partial charge is 0.411 e. The summed E-state index contributed by atoms with van der Waals surface area (Å²) >= 11 is 0. The standard InChI is InChI=1S/C12H19NO5/c1-3-4-8-18-11(16)13-7-5-6-12(13,9-14)10(15)17-2/h9H,3-8H2,1-2H3. The molecule has 0 saturated carbocycles. The Morgan fingerprint density at radius 3 is 2.72 bits per heavy atom. The number of nitrogens with zero attached hydrogens (tertiary/aromatic N) is 1. The van der Waals surface area contributed by atoms with Crippen LogP contribution in [-0.4, -0.2) is 49.0 Å². The number of carbonyl (C=O) groups excluding carboxylic acids is 3. The van der Waals surface area contributed by atoms with Crippen LogP contribution in [0.2, 0.25) is 0 Å². The molecule has 18 heavy (non-hydrogen) atoms. The van der Waals surface area contributed by atoms with Crippen molar-refractivity contribution < 1.29 is 23.9 Å². The molecule has 1 aliphatic heterocycles. The Labute approximate surface area is 106 Å². The molecule has 0 aromatic rings. The highest BCUT2D eigenvalue weighted by Crippen LogP contribution is 2.29. The molecule has 0 spiro atoms. The van der Waals surface area contributed by atoms with Crippen LogP contribution in [0.25, 0.3) is 0 Å². The monoisotopic (exact) mass is 257 g/mol. The number of carbonyl (C=O) groups is 3. The molecule has 0 aromatic carbocycles. The van der Waals surface area contributed by atoms with E-state index in [4.69, 9.17) is 4.74 Å². The molecular formula is C12H19NO5. The van der Waals surface area contributed by atoms with Crippen molar-refractivity contribution in [2.24, 2.45) is 0 Å². The molecule has 0 N–H and O–H groups in total. The molecule has 1 aliphatic rings. The van der Waals surface area contributed by atoms with Gasteiger partial charge in [-0.25, -0.2) is 9.59 Å².